The van der Waals surface area contributed by atoms with Crippen molar-refractivity contribution in [1.82, 2.24) is 14.5 Å². The molecule has 5 heteroatoms. The van der Waals surface area contributed by atoms with Crippen molar-refractivity contribution in [2.75, 3.05) is 13.2 Å². The third kappa shape index (κ3) is 4.25. The molecule has 0 bridgehead atoms. The van der Waals surface area contributed by atoms with Gasteiger partial charge in [-0.15, -0.1) is 0 Å². The highest BCUT2D eigenvalue weighted by atomic mass is 16.5. The Balaban J connectivity index is 0.000000677. The first-order valence-electron chi connectivity index (χ1n) is 7.60. The van der Waals surface area contributed by atoms with Crippen LogP contribution in [0.25, 0.3) is 11.0 Å². The Morgan fingerprint density at radius 3 is 2.48 bits per heavy atom. The van der Waals surface area contributed by atoms with E-state index in [1.165, 1.54) is 11.1 Å². The second kappa shape index (κ2) is 8.74. The second-order valence-corrected chi connectivity index (χ2v) is 4.84. The van der Waals surface area contributed by atoms with Crippen LogP contribution in [-0.4, -0.2) is 32.9 Å². The smallest absolute Gasteiger partial charge is 0.136 e. The van der Waals surface area contributed by atoms with Crippen molar-refractivity contribution >= 4 is 11.0 Å². The highest BCUT2D eigenvalue weighted by Crippen LogP contribution is 2.22. The van der Waals surface area contributed by atoms with E-state index in [0.29, 0.717) is 13.2 Å². The third-order valence-corrected chi connectivity index (χ3v) is 3.23. The zero-order chi connectivity index (χ0) is 15.8. The summed E-state index contributed by atoms with van der Waals surface area (Å²) in [6, 6.07) is 0. The number of aromatic nitrogens is 3. The van der Waals surface area contributed by atoms with Crippen LogP contribution in [0.4, 0.5) is 0 Å². The molecule has 2 aromatic rings. The molecule has 0 radical (unpaired) electrons. The molecule has 0 unspecified atom stereocenters. The Bertz CT molecular complexity index is 564. The van der Waals surface area contributed by atoms with Gasteiger partial charge in [-0.25, -0.2) is 4.98 Å². The van der Waals surface area contributed by atoms with Crippen molar-refractivity contribution < 1.29 is 9.84 Å². The van der Waals surface area contributed by atoms with E-state index in [1.807, 2.05) is 20.0 Å². The topological polar surface area (TPSA) is 60.2 Å². The van der Waals surface area contributed by atoms with Gasteiger partial charge in [-0.1, -0.05) is 6.92 Å². The zero-order valence-electron chi connectivity index (χ0n) is 13.8. The number of ether oxygens (including phenoxy) is 1. The van der Waals surface area contributed by atoms with Crippen molar-refractivity contribution in [2.45, 2.75) is 54.2 Å². The monoisotopic (exact) mass is 293 g/mol. The molecule has 0 aliphatic carbocycles. The zero-order valence-corrected chi connectivity index (χ0v) is 13.8. The highest BCUT2D eigenvalue weighted by molar-refractivity contribution is 5.79. The van der Waals surface area contributed by atoms with Gasteiger partial charge in [0.25, 0.3) is 0 Å². The van der Waals surface area contributed by atoms with Gasteiger partial charge in [0.2, 0.25) is 0 Å². The van der Waals surface area contributed by atoms with E-state index < -0.39 is 0 Å². The number of pyridine rings is 1. The maximum Gasteiger partial charge on any atom is 0.136 e. The fourth-order valence-corrected chi connectivity index (χ4v) is 2.20. The molecule has 2 heterocycles. The first kappa shape index (κ1) is 17.6. The molecule has 0 atom stereocenters. The van der Waals surface area contributed by atoms with Gasteiger partial charge in [-0.3, -0.25) is 4.98 Å². The van der Waals surface area contributed by atoms with Gasteiger partial charge in [0.1, 0.15) is 17.9 Å². The number of rotatable bonds is 5. The molecule has 0 spiro atoms. The number of hydrogen-bond acceptors (Lipinski definition) is 4. The first-order valence-corrected chi connectivity index (χ1v) is 7.60. The summed E-state index contributed by atoms with van der Waals surface area (Å²) in [7, 11) is 0. The van der Waals surface area contributed by atoms with Crippen LogP contribution >= 0.6 is 0 Å². The summed E-state index contributed by atoms with van der Waals surface area (Å²) in [5.41, 5.74) is 4.47. The second-order valence-electron chi connectivity index (χ2n) is 4.84. The normalized spacial score (nSPS) is 10.6. The lowest BCUT2D eigenvalue weighted by atomic mass is 10.2. The summed E-state index contributed by atoms with van der Waals surface area (Å²) in [5, 5.41) is 7.57. The Labute approximate surface area is 127 Å². The molecule has 0 saturated heterocycles. The number of hydrogen-bond donors (Lipinski definition) is 1. The molecule has 0 amide bonds. The number of aliphatic hydroxyl groups is 1. The minimum Gasteiger partial charge on any atom is -0.397 e. The van der Waals surface area contributed by atoms with Crippen LogP contribution in [0.2, 0.25) is 0 Å². The number of imidazole rings is 1. The van der Waals surface area contributed by atoms with Gasteiger partial charge >= 0.3 is 0 Å². The van der Waals surface area contributed by atoms with Crippen molar-refractivity contribution in [3.8, 4) is 0 Å². The number of nitrogens with zero attached hydrogens (tertiary/aromatic N) is 3. The van der Waals surface area contributed by atoms with E-state index in [4.69, 9.17) is 9.84 Å². The lowest BCUT2D eigenvalue weighted by molar-refractivity contribution is 0.126. The summed E-state index contributed by atoms with van der Waals surface area (Å²) < 4.78 is 7.78. The van der Waals surface area contributed by atoms with Crippen LogP contribution in [-0.2, 0) is 17.9 Å². The third-order valence-electron chi connectivity index (χ3n) is 3.23. The van der Waals surface area contributed by atoms with Crippen LogP contribution in [0.1, 0.15) is 44.3 Å². The molecule has 0 fully saturated rings. The molecule has 2 rings (SSSR count). The van der Waals surface area contributed by atoms with Gasteiger partial charge in [0, 0.05) is 25.5 Å². The van der Waals surface area contributed by atoms with Crippen molar-refractivity contribution in [3.05, 3.63) is 23.3 Å². The molecule has 21 heavy (non-hydrogen) atoms. The number of aliphatic hydroxyl groups excluding tert-OH is 1. The van der Waals surface area contributed by atoms with Crippen LogP contribution in [0.5, 0.6) is 0 Å². The maximum atomic E-state index is 7.57. The standard InChI is InChI=1S/C14H21N3O.C2H6O/c1-5-7-17-13(9-18-6-2)16-12-8-15-11(4)10(3)14(12)17;1-2-3/h8H,5-7,9H2,1-4H3;3H,2H2,1H3. The first-order chi connectivity index (χ1) is 10.1. The fraction of sp³-hybridized carbons (Fsp3) is 0.625. The molecule has 0 aliphatic heterocycles. The van der Waals surface area contributed by atoms with Crippen molar-refractivity contribution in [2.24, 2.45) is 0 Å². The highest BCUT2D eigenvalue weighted by Gasteiger charge is 2.13. The van der Waals surface area contributed by atoms with Crippen molar-refractivity contribution in [1.29, 1.82) is 0 Å². The molecule has 0 saturated carbocycles. The summed E-state index contributed by atoms with van der Waals surface area (Å²) >= 11 is 0. The van der Waals surface area contributed by atoms with Crippen LogP contribution in [0.3, 0.4) is 0 Å². The molecule has 5 nitrogen and oxygen atoms in total. The Morgan fingerprint density at radius 1 is 1.24 bits per heavy atom. The van der Waals surface area contributed by atoms with Crippen LogP contribution < -0.4 is 0 Å². The van der Waals surface area contributed by atoms with Gasteiger partial charge in [-0.2, -0.15) is 0 Å². The minimum atomic E-state index is 0.250. The Kier molecular flexibility index (Phi) is 7.32. The van der Waals surface area contributed by atoms with E-state index in [-0.39, 0.29) is 6.61 Å². The molecular weight excluding hydrogens is 266 g/mol. The van der Waals surface area contributed by atoms with Gasteiger partial charge < -0.3 is 14.4 Å². The predicted molar refractivity (Wildman–Crippen MR) is 85.4 cm³/mol. The number of fused-ring (bicyclic) bond motifs is 1. The summed E-state index contributed by atoms with van der Waals surface area (Å²) in [5.74, 6) is 1.00. The Morgan fingerprint density at radius 2 is 1.90 bits per heavy atom. The van der Waals surface area contributed by atoms with Crippen LogP contribution in [0, 0.1) is 13.8 Å². The average Bonchev–Trinajstić information content (AvgIpc) is 2.81. The number of aryl methyl sites for hydroxylation is 3. The molecule has 118 valence electrons. The van der Waals surface area contributed by atoms with E-state index in [9.17, 15) is 0 Å². The van der Waals surface area contributed by atoms with Crippen molar-refractivity contribution in [3.63, 3.8) is 0 Å². The van der Waals surface area contributed by atoms with Gasteiger partial charge in [0.05, 0.1) is 11.7 Å². The van der Waals surface area contributed by atoms with Gasteiger partial charge in [-0.05, 0) is 39.7 Å². The van der Waals surface area contributed by atoms with Gasteiger partial charge in [0.15, 0.2) is 0 Å². The average molecular weight is 293 g/mol. The molecule has 2 aromatic heterocycles. The molecule has 0 aromatic carbocycles. The lowest BCUT2D eigenvalue weighted by Gasteiger charge is -2.09. The summed E-state index contributed by atoms with van der Waals surface area (Å²) in [6.07, 6.45) is 2.95. The maximum absolute atomic E-state index is 7.57. The molecule has 0 aliphatic rings. The fourth-order valence-electron chi connectivity index (χ4n) is 2.20. The van der Waals surface area contributed by atoms with Crippen LogP contribution in [0.15, 0.2) is 6.20 Å². The Hall–Kier alpha value is -1.46. The molecular formula is C16H27N3O2. The predicted octanol–water partition coefficient (Wildman–Crippen LogP) is 2.99. The summed E-state index contributed by atoms with van der Waals surface area (Å²) in [6.45, 7) is 12.5. The lowest BCUT2D eigenvalue weighted by Crippen LogP contribution is -2.06. The van der Waals surface area contributed by atoms with E-state index in [2.05, 4.69) is 28.4 Å². The SMILES string of the molecule is CCCn1c(COCC)nc2cnc(C)c(C)c21.CCO. The summed E-state index contributed by atoms with van der Waals surface area (Å²) in [4.78, 5) is 9.03. The van der Waals surface area contributed by atoms with E-state index >= 15 is 0 Å². The largest absolute Gasteiger partial charge is 0.397 e. The van der Waals surface area contributed by atoms with E-state index in [0.717, 1.165) is 30.0 Å². The minimum absolute atomic E-state index is 0.250. The van der Waals surface area contributed by atoms with E-state index in [1.54, 1.807) is 6.92 Å². The quantitative estimate of drug-likeness (QED) is 0.920. The molecule has 1 N–H and O–H groups in total.